The van der Waals surface area contributed by atoms with Crippen molar-refractivity contribution in [3.8, 4) is 17.2 Å². The van der Waals surface area contributed by atoms with Crippen LogP contribution in [0, 0.1) is 34.9 Å². The van der Waals surface area contributed by atoms with Crippen LogP contribution in [-0.2, 0) is 17.8 Å². The van der Waals surface area contributed by atoms with Crippen LogP contribution < -0.4 is 10.6 Å². The number of aromatic nitrogens is 2. The van der Waals surface area contributed by atoms with E-state index in [1.165, 1.54) is 12.5 Å². The zero-order chi connectivity index (χ0) is 20.1. The lowest BCUT2D eigenvalue weighted by Crippen LogP contribution is -2.51. The lowest BCUT2D eigenvalue weighted by Gasteiger charge is -2.23. The molecule has 2 aliphatic carbocycles. The Kier molecular flexibility index (Phi) is 4.39. The van der Waals surface area contributed by atoms with Gasteiger partial charge in [-0.2, -0.15) is 10.4 Å². The molecule has 1 amide bonds. The molecule has 2 saturated carbocycles. The first kappa shape index (κ1) is 18.3. The molecule has 7 heteroatoms. The second-order valence-electron chi connectivity index (χ2n) is 8.50. The average Bonchev–Trinajstić information content (AvgIpc) is 3.09. The highest BCUT2D eigenvalue weighted by Crippen LogP contribution is 2.59. The number of amides is 1. The quantitative estimate of drug-likeness (QED) is 0.789. The van der Waals surface area contributed by atoms with Crippen LogP contribution in [0.1, 0.15) is 25.3 Å². The van der Waals surface area contributed by atoms with Gasteiger partial charge in [0.1, 0.15) is 11.9 Å². The summed E-state index contributed by atoms with van der Waals surface area (Å²) < 4.78 is 16.5. The third-order valence-corrected chi connectivity index (χ3v) is 6.83. The number of nitrogens with zero attached hydrogens (tertiary/aromatic N) is 3. The van der Waals surface area contributed by atoms with Crippen molar-refractivity contribution in [2.45, 2.75) is 50.9 Å². The molecule has 3 aliphatic rings. The maximum absolute atomic E-state index is 14.7. The summed E-state index contributed by atoms with van der Waals surface area (Å²) in [6.07, 6.45) is 6.02. The fourth-order valence-corrected chi connectivity index (χ4v) is 5.22. The summed E-state index contributed by atoms with van der Waals surface area (Å²) in [5.41, 5.74) is 2.02. The largest absolute Gasteiger partial charge is 0.339 e. The van der Waals surface area contributed by atoms with Crippen molar-refractivity contribution < 1.29 is 9.18 Å². The lowest BCUT2D eigenvalue weighted by atomic mass is 9.96. The molecule has 1 saturated heterocycles. The molecule has 5 rings (SSSR count). The van der Waals surface area contributed by atoms with Gasteiger partial charge in [0.2, 0.25) is 5.91 Å². The summed E-state index contributed by atoms with van der Waals surface area (Å²) in [4.78, 5) is 12.7. The molecule has 1 aromatic heterocycles. The normalized spacial score (nSPS) is 29.9. The van der Waals surface area contributed by atoms with Crippen LogP contribution in [0.5, 0.6) is 0 Å². The monoisotopic (exact) mass is 393 g/mol. The van der Waals surface area contributed by atoms with Crippen LogP contribution in [0.4, 0.5) is 4.39 Å². The van der Waals surface area contributed by atoms with Crippen LogP contribution in [-0.4, -0.2) is 33.8 Å². The molecule has 6 nitrogen and oxygen atoms in total. The molecule has 0 radical (unpaired) electrons. The van der Waals surface area contributed by atoms with E-state index < -0.39 is 6.04 Å². The fourth-order valence-electron chi connectivity index (χ4n) is 5.22. The van der Waals surface area contributed by atoms with Gasteiger partial charge in [-0.05, 0) is 54.7 Å². The Hall–Kier alpha value is -2.72. The van der Waals surface area contributed by atoms with Crippen LogP contribution in [0.25, 0.3) is 11.1 Å². The summed E-state index contributed by atoms with van der Waals surface area (Å²) in [7, 11) is 0. The van der Waals surface area contributed by atoms with Crippen molar-refractivity contribution in [3.05, 3.63) is 42.0 Å². The van der Waals surface area contributed by atoms with E-state index in [0.29, 0.717) is 23.4 Å². The Balaban J connectivity index is 1.25. The second-order valence-corrected chi connectivity index (χ2v) is 8.50. The van der Waals surface area contributed by atoms with Crippen LogP contribution in [0.15, 0.2) is 30.6 Å². The van der Waals surface area contributed by atoms with E-state index in [-0.39, 0.29) is 24.2 Å². The summed E-state index contributed by atoms with van der Waals surface area (Å²) in [6.45, 7) is 2.74. The minimum Gasteiger partial charge on any atom is -0.339 e. The molecule has 1 aliphatic heterocycles. The number of aryl methyl sites for hydroxylation is 1. The van der Waals surface area contributed by atoms with Crippen molar-refractivity contribution in [1.82, 2.24) is 20.4 Å². The molecule has 2 heterocycles. The average molecular weight is 393 g/mol. The van der Waals surface area contributed by atoms with Crippen molar-refractivity contribution >= 4 is 5.91 Å². The first-order valence-electron chi connectivity index (χ1n) is 10.3. The Morgan fingerprint density at radius 3 is 2.90 bits per heavy atom. The topological polar surface area (TPSA) is 82.7 Å². The number of hydrogen-bond acceptors (Lipinski definition) is 4. The SMILES string of the molecule is CCn1cc(-c2ccc(C[C@@H](C#N)NC(=O)[C@H]3N[C@H]4C[C@@H]3[C@@H]3C[C@@H]34)c(F)c2)cn1. The Bertz CT molecular complexity index is 995. The van der Waals surface area contributed by atoms with Gasteiger partial charge in [0.25, 0.3) is 0 Å². The van der Waals surface area contributed by atoms with Crippen molar-refractivity contribution in [2.75, 3.05) is 0 Å². The van der Waals surface area contributed by atoms with Gasteiger partial charge in [0, 0.05) is 30.8 Å². The smallest absolute Gasteiger partial charge is 0.238 e. The number of fused-ring (bicyclic) bond motifs is 5. The van der Waals surface area contributed by atoms with E-state index in [1.54, 1.807) is 16.9 Å². The van der Waals surface area contributed by atoms with Crippen LogP contribution in [0.2, 0.25) is 0 Å². The van der Waals surface area contributed by atoms with Crippen molar-refractivity contribution in [3.63, 3.8) is 0 Å². The Morgan fingerprint density at radius 2 is 2.24 bits per heavy atom. The maximum Gasteiger partial charge on any atom is 0.238 e. The van der Waals surface area contributed by atoms with Gasteiger partial charge in [-0.3, -0.25) is 9.48 Å². The standard InChI is InChI=1S/C22H24FN5O/c1-2-28-11-14(10-25-28)12-3-4-13(19(23)6-12)5-15(9-24)26-22(29)21-18-8-20(27-21)17-7-16(17)18/h3-4,6,10-11,15-18,20-21,27H,2,5,7-8H2,1H3,(H,26,29)/t15-,16+,17-,18+,20-,21-/m0/s1. The van der Waals surface area contributed by atoms with E-state index in [0.717, 1.165) is 30.0 Å². The highest BCUT2D eigenvalue weighted by atomic mass is 19.1. The molecule has 1 aromatic carbocycles. The lowest BCUT2D eigenvalue weighted by molar-refractivity contribution is -0.124. The molecular weight excluding hydrogens is 369 g/mol. The highest BCUT2D eigenvalue weighted by molar-refractivity contribution is 5.83. The maximum atomic E-state index is 14.7. The third-order valence-electron chi connectivity index (χ3n) is 6.83. The number of piperidine rings is 1. The molecule has 0 unspecified atom stereocenters. The van der Waals surface area contributed by atoms with E-state index in [1.807, 2.05) is 19.2 Å². The molecular formula is C22H24FN5O. The predicted octanol–water partition coefficient (Wildman–Crippen LogP) is 2.26. The van der Waals surface area contributed by atoms with E-state index >= 15 is 0 Å². The summed E-state index contributed by atoms with van der Waals surface area (Å²) in [5, 5.41) is 20.0. The minimum atomic E-state index is -0.749. The number of nitriles is 1. The third kappa shape index (κ3) is 3.22. The zero-order valence-corrected chi connectivity index (χ0v) is 16.3. The molecule has 0 spiro atoms. The molecule has 2 N–H and O–H groups in total. The van der Waals surface area contributed by atoms with Crippen molar-refractivity contribution in [2.24, 2.45) is 17.8 Å². The molecule has 29 heavy (non-hydrogen) atoms. The molecule has 2 bridgehead atoms. The number of hydrogen-bond donors (Lipinski definition) is 2. The van der Waals surface area contributed by atoms with E-state index in [9.17, 15) is 14.4 Å². The molecule has 2 aromatic rings. The predicted molar refractivity (Wildman–Crippen MR) is 105 cm³/mol. The number of carbonyl (C=O) groups excluding carboxylic acids is 1. The summed E-state index contributed by atoms with van der Waals surface area (Å²) in [5.74, 6) is 1.33. The second kappa shape index (κ2) is 6.96. The highest BCUT2D eigenvalue weighted by Gasteiger charge is 2.62. The van der Waals surface area contributed by atoms with E-state index in [2.05, 4.69) is 21.8 Å². The van der Waals surface area contributed by atoms with Gasteiger partial charge >= 0.3 is 0 Å². The first-order chi connectivity index (χ1) is 14.1. The number of halogens is 1. The van der Waals surface area contributed by atoms with Gasteiger partial charge in [-0.15, -0.1) is 0 Å². The Morgan fingerprint density at radius 1 is 1.38 bits per heavy atom. The molecule has 150 valence electrons. The Labute approximate surface area is 169 Å². The van der Waals surface area contributed by atoms with Gasteiger partial charge < -0.3 is 10.6 Å². The van der Waals surface area contributed by atoms with Gasteiger partial charge in [-0.25, -0.2) is 4.39 Å². The molecule has 6 atom stereocenters. The van der Waals surface area contributed by atoms with Gasteiger partial charge in [0.05, 0.1) is 18.3 Å². The fraction of sp³-hybridized carbons (Fsp3) is 0.500. The van der Waals surface area contributed by atoms with Gasteiger partial charge in [0.15, 0.2) is 0 Å². The summed E-state index contributed by atoms with van der Waals surface area (Å²) in [6, 6.07) is 6.61. The number of rotatable bonds is 6. The van der Waals surface area contributed by atoms with Crippen molar-refractivity contribution in [1.29, 1.82) is 5.26 Å². The minimum absolute atomic E-state index is 0.126. The van der Waals surface area contributed by atoms with Gasteiger partial charge in [-0.1, -0.05) is 12.1 Å². The number of benzene rings is 1. The first-order valence-corrected chi connectivity index (χ1v) is 10.3. The number of nitrogens with one attached hydrogen (secondary N) is 2. The zero-order valence-electron chi connectivity index (χ0n) is 16.3. The molecule has 3 fully saturated rings. The number of carbonyl (C=O) groups is 1. The summed E-state index contributed by atoms with van der Waals surface area (Å²) >= 11 is 0. The van der Waals surface area contributed by atoms with E-state index in [4.69, 9.17) is 0 Å². The van der Waals surface area contributed by atoms with Crippen LogP contribution >= 0.6 is 0 Å². The van der Waals surface area contributed by atoms with Crippen LogP contribution in [0.3, 0.4) is 0 Å².